The fourth-order valence-corrected chi connectivity index (χ4v) is 2.60. The van der Waals surface area contributed by atoms with E-state index in [4.69, 9.17) is 5.73 Å². The molecule has 0 saturated heterocycles. The van der Waals surface area contributed by atoms with Crippen molar-refractivity contribution in [1.29, 1.82) is 0 Å². The van der Waals surface area contributed by atoms with Crippen LogP contribution in [-0.4, -0.2) is 33.8 Å². The van der Waals surface area contributed by atoms with Gasteiger partial charge in [-0.25, -0.2) is 9.18 Å². The lowest BCUT2D eigenvalue weighted by atomic mass is 10.1. The van der Waals surface area contributed by atoms with E-state index >= 15 is 0 Å². The number of nitrogens with two attached hydrogens (primary N) is 1. The third-order valence-electron chi connectivity index (χ3n) is 3.78. The first kappa shape index (κ1) is 18.6. The lowest BCUT2D eigenvalue weighted by Gasteiger charge is -2.17. The van der Waals surface area contributed by atoms with Crippen molar-refractivity contribution in [1.82, 2.24) is 14.5 Å². The lowest BCUT2D eigenvalue weighted by molar-refractivity contribution is 0.0941. The highest BCUT2D eigenvalue weighted by atomic mass is 19.1. The van der Waals surface area contributed by atoms with Gasteiger partial charge in [-0.15, -0.1) is 0 Å². The summed E-state index contributed by atoms with van der Waals surface area (Å²) < 4.78 is 14.9. The number of likely N-dealkylation sites (N-methyl/N-ethyl adjacent to an activating group) is 1. The third kappa shape index (κ3) is 4.21. The summed E-state index contributed by atoms with van der Waals surface area (Å²) in [5.74, 6) is -1.03. The topological polar surface area (TPSA) is 101 Å². The molecule has 1 aromatic heterocycles. The van der Waals surface area contributed by atoms with Gasteiger partial charge in [-0.3, -0.25) is 24.0 Å². The summed E-state index contributed by atoms with van der Waals surface area (Å²) in [6, 6.07) is 6.26. The number of rotatable bonds is 7. The molecular weight excluding hydrogens is 327 g/mol. The zero-order chi connectivity index (χ0) is 18.6. The molecule has 0 fully saturated rings. The van der Waals surface area contributed by atoms with Crippen LogP contribution in [0.4, 0.5) is 10.2 Å². The Morgan fingerprint density at radius 1 is 1.32 bits per heavy atom. The molecule has 0 radical (unpaired) electrons. The quantitative estimate of drug-likeness (QED) is 0.727. The molecule has 1 heterocycles. The number of nitrogens with one attached hydrogen (secondary N) is 1. The Balaban J connectivity index is 2.23. The van der Waals surface area contributed by atoms with Crippen LogP contribution in [0, 0.1) is 5.82 Å². The van der Waals surface area contributed by atoms with E-state index in [0.29, 0.717) is 18.5 Å². The lowest BCUT2D eigenvalue weighted by Crippen LogP contribution is -2.38. The van der Waals surface area contributed by atoms with E-state index in [-0.39, 0.29) is 30.3 Å². The predicted molar refractivity (Wildman–Crippen MR) is 93.1 cm³/mol. The molecule has 0 aliphatic rings. The summed E-state index contributed by atoms with van der Waals surface area (Å²) in [5, 5.41) is 0. The highest BCUT2D eigenvalue weighted by Crippen LogP contribution is 2.11. The van der Waals surface area contributed by atoms with Crippen molar-refractivity contribution >= 4 is 11.6 Å². The van der Waals surface area contributed by atoms with E-state index in [9.17, 15) is 18.8 Å². The standard InChI is InChI=1S/C17H21FN4O3/c1-3-8-22-15(19)14(16(24)20-17(22)25)13(23)10-21(2)9-11-6-4-5-7-12(11)18/h4-7H,3,8-10,19H2,1-2H3,(H,20,24,25). The molecular formula is C17H21FN4O3. The molecule has 0 amide bonds. The van der Waals surface area contributed by atoms with Crippen LogP contribution in [-0.2, 0) is 13.1 Å². The van der Waals surface area contributed by atoms with E-state index in [0.717, 1.165) is 0 Å². The van der Waals surface area contributed by atoms with Crippen molar-refractivity contribution in [3.63, 3.8) is 0 Å². The molecule has 0 saturated carbocycles. The van der Waals surface area contributed by atoms with Crippen LogP contribution in [0.25, 0.3) is 0 Å². The molecule has 25 heavy (non-hydrogen) atoms. The van der Waals surface area contributed by atoms with Crippen LogP contribution in [0.5, 0.6) is 0 Å². The zero-order valence-electron chi connectivity index (χ0n) is 14.2. The van der Waals surface area contributed by atoms with Crippen LogP contribution in [0.2, 0.25) is 0 Å². The van der Waals surface area contributed by atoms with Gasteiger partial charge in [0.2, 0.25) is 0 Å². The second-order valence-corrected chi connectivity index (χ2v) is 5.86. The Kier molecular flexibility index (Phi) is 5.87. The first-order valence-electron chi connectivity index (χ1n) is 7.92. The number of anilines is 1. The number of benzene rings is 1. The Hall–Kier alpha value is -2.74. The number of aromatic amines is 1. The fraction of sp³-hybridized carbons (Fsp3) is 0.353. The number of nitrogen functional groups attached to an aromatic ring is 1. The van der Waals surface area contributed by atoms with Gasteiger partial charge in [0.1, 0.15) is 17.2 Å². The molecule has 0 atom stereocenters. The van der Waals surface area contributed by atoms with Crippen LogP contribution >= 0.6 is 0 Å². The number of Topliss-reactive ketones (excluding diaryl/α,β-unsaturated/α-hetero) is 1. The summed E-state index contributed by atoms with van der Waals surface area (Å²) in [5.41, 5.74) is 4.62. The number of H-pyrrole nitrogens is 1. The highest BCUT2D eigenvalue weighted by Gasteiger charge is 2.20. The Morgan fingerprint density at radius 2 is 2.00 bits per heavy atom. The number of ketones is 1. The van der Waals surface area contributed by atoms with Crippen molar-refractivity contribution in [2.45, 2.75) is 26.4 Å². The Morgan fingerprint density at radius 3 is 2.64 bits per heavy atom. The number of carbonyl (C=O) groups excluding carboxylic acids is 1. The van der Waals surface area contributed by atoms with Crippen molar-refractivity contribution in [2.24, 2.45) is 0 Å². The maximum absolute atomic E-state index is 13.7. The molecule has 0 aliphatic heterocycles. The van der Waals surface area contributed by atoms with Crippen LogP contribution < -0.4 is 17.0 Å². The maximum atomic E-state index is 13.7. The van der Waals surface area contributed by atoms with Crippen molar-refractivity contribution in [3.8, 4) is 0 Å². The molecule has 0 aliphatic carbocycles. The zero-order valence-corrected chi connectivity index (χ0v) is 14.2. The van der Waals surface area contributed by atoms with E-state index in [1.807, 2.05) is 6.92 Å². The van der Waals surface area contributed by atoms with Crippen LogP contribution in [0.1, 0.15) is 29.3 Å². The minimum atomic E-state index is -0.806. The number of hydrogen-bond donors (Lipinski definition) is 2. The number of aromatic nitrogens is 2. The first-order valence-corrected chi connectivity index (χ1v) is 7.92. The fourth-order valence-electron chi connectivity index (χ4n) is 2.60. The normalized spacial score (nSPS) is 11.0. The first-order chi connectivity index (χ1) is 11.8. The van der Waals surface area contributed by atoms with Gasteiger partial charge in [-0.2, -0.15) is 0 Å². The molecule has 8 heteroatoms. The number of halogens is 1. The molecule has 134 valence electrons. The molecule has 7 nitrogen and oxygen atoms in total. The monoisotopic (exact) mass is 348 g/mol. The van der Waals surface area contributed by atoms with Gasteiger partial charge in [0.15, 0.2) is 5.78 Å². The summed E-state index contributed by atoms with van der Waals surface area (Å²) in [4.78, 5) is 40.0. The van der Waals surface area contributed by atoms with Gasteiger partial charge < -0.3 is 5.73 Å². The van der Waals surface area contributed by atoms with E-state index in [1.54, 1.807) is 30.1 Å². The van der Waals surface area contributed by atoms with Gasteiger partial charge in [-0.1, -0.05) is 25.1 Å². The van der Waals surface area contributed by atoms with E-state index < -0.39 is 17.0 Å². The summed E-state index contributed by atoms with van der Waals surface area (Å²) in [6.07, 6.45) is 0.622. The van der Waals surface area contributed by atoms with Crippen molar-refractivity contribution in [2.75, 3.05) is 19.3 Å². The molecule has 1 aromatic carbocycles. The summed E-state index contributed by atoms with van der Waals surface area (Å²) in [6.45, 7) is 2.21. The molecule has 2 rings (SSSR count). The Bertz CT molecular complexity index is 888. The van der Waals surface area contributed by atoms with Crippen molar-refractivity contribution in [3.05, 3.63) is 62.0 Å². The van der Waals surface area contributed by atoms with Crippen molar-refractivity contribution < 1.29 is 9.18 Å². The SMILES string of the molecule is CCCn1c(N)c(C(=O)CN(C)Cc2ccccc2F)c(=O)[nH]c1=O. The van der Waals surface area contributed by atoms with Gasteiger partial charge in [0.05, 0.1) is 6.54 Å². The molecule has 0 bridgehead atoms. The summed E-state index contributed by atoms with van der Waals surface area (Å²) in [7, 11) is 1.64. The predicted octanol–water partition coefficient (Wildman–Crippen LogP) is 0.983. The second-order valence-electron chi connectivity index (χ2n) is 5.86. The molecule has 2 aromatic rings. The third-order valence-corrected chi connectivity index (χ3v) is 3.78. The van der Waals surface area contributed by atoms with Gasteiger partial charge >= 0.3 is 5.69 Å². The average Bonchev–Trinajstić information content (AvgIpc) is 2.53. The Labute approximate surface area is 143 Å². The molecule has 3 N–H and O–H groups in total. The van der Waals surface area contributed by atoms with Gasteiger partial charge in [0, 0.05) is 18.7 Å². The average molecular weight is 348 g/mol. The number of hydrogen-bond acceptors (Lipinski definition) is 5. The minimum absolute atomic E-state index is 0.133. The molecule has 0 spiro atoms. The van der Waals surface area contributed by atoms with E-state index in [1.165, 1.54) is 10.6 Å². The van der Waals surface area contributed by atoms with Crippen LogP contribution in [0.3, 0.4) is 0 Å². The minimum Gasteiger partial charge on any atom is -0.384 e. The van der Waals surface area contributed by atoms with Crippen LogP contribution in [0.15, 0.2) is 33.9 Å². The van der Waals surface area contributed by atoms with Gasteiger partial charge in [0.25, 0.3) is 5.56 Å². The largest absolute Gasteiger partial charge is 0.384 e. The smallest absolute Gasteiger partial charge is 0.329 e. The maximum Gasteiger partial charge on any atom is 0.329 e. The number of nitrogens with zero attached hydrogens (tertiary/aromatic N) is 2. The van der Waals surface area contributed by atoms with E-state index in [2.05, 4.69) is 4.98 Å². The summed E-state index contributed by atoms with van der Waals surface area (Å²) >= 11 is 0. The number of carbonyl (C=O) groups is 1. The van der Waals surface area contributed by atoms with Gasteiger partial charge in [-0.05, 0) is 19.5 Å². The molecule has 0 unspecified atom stereocenters. The second kappa shape index (κ2) is 7.89. The highest BCUT2D eigenvalue weighted by molar-refractivity contribution is 6.01.